The Labute approximate surface area is 150 Å². The summed E-state index contributed by atoms with van der Waals surface area (Å²) in [5.41, 5.74) is 6.97. The number of carbonyl (C=O) groups is 1. The fraction of sp³-hybridized carbons (Fsp3) is 0.611. The molecule has 6 heteroatoms. The summed E-state index contributed by atoms with van der Waals surface area (Å²) in [5.74, 6) is 0.647. The maximum atomic E-state index is 12.7. The van der Waals surface area contributed by atoms with Crippen molar-refractivity contribution in [3.63, 3.8) is 0 Å². The van der Waals surface area contributed by atoms with Gasteiger partial charge in [-0.3, -0.25) is 4.79 Å². The van der Waals surface area contributed by atoms with Crippen LogP contribution in [0.2, 0.25) is 0 Å². The van der Waals surface area contributed by atoms with Crippen LogP contribution in [0.4, 0.5) is 0 Å². The number of thiol groups is 1. The number of nitrogens with two attached hydrogens (primary N) is 1. The van der Waals surface area contributed by atoms with Crippen LogP contribution in [0.25, 0.3) is 0 Å². The molecule has 5 N–H and O–H groups in total. The highest BCUT2D eigenvalue weighted by Gasteiger charge is 2.25. The molecule has 1 aromatic rings. The lowest BCUT2D eigenvalue weighted by atomic mass is 9.97. The maximum Gasteiger partial charge on any atom is 0.237 e. The van der Waals surface area contributed by atoms with Crippen LogP contribution in [0.3, 0.4) is 0 Å². The van der Waals surface area contributed by atoms with Gasteiger partial charge in [-0.25, -0.2) is 0 Å². The van der Waals surface area contributed by atoms with Gasteiger partial charge >= 0.3 is 0 Å². The third-order valence-electron chi connectivity index (χ3n) is 4.22. The smallest absolute Gasteiger partial charge is 0.237 e. The van der Waals surface area contributed by atoms with Crippen molar-refractivity contribution < 1.29 is 9.90 Å². The van der Waals surface area contributed by atoms with Crippen LogP contribution in [0.15, 0.2) is 30.3 Å². The molecule has 1 amide bonds. The summed E-state index contributed by atoms with van der Waals surface area (Å²) in [6, 6.07) is 9.12. The van der Waals surface area contributed by atoms with E-state index >= 15 is 0 Å². The van der Waals surface area contributed by atoms with Crippen molar-refractivity contribution in [2.45, 2.75) is 44.8 Å². The number of amides is 1. The quantitative estimate of drug-likeness (QED) is 0.384. The van der Waals surface area contributed by atoms with Crippen molar-refractivity contribution in [2.24, 2.45) is 11.7 Å². The van der Waals surface area contributed by atoms with Gasteiger partial charge in [-0.15, -0.1) is 0 Å². The number of rotatable bonds is 11. The highest BCUT2D eigenvalue weighted by Crippen LogP contribution is 2.09. The van der Waals surface area contributed by atoms with E-state index in [0.717, 1.165) is 12.0 Å². The fourth-order valence-electron chi connectivity index (χ4n) is 2.48. The highest BCUT2D eigenvalue weighted by atomic mass is 32.1. The Bertz CT molecular complexity index is 473. The molecule has 0 aliphatic heterocycles. The third kappa shape index (κ3) is 7.21. The van der Waals surface area contributed by atoms with Gasteiger partial charge in [-0.1, -0.05) is 50.6 Å². The van der Waals surface area contributed by atoms with Gasteiger partial charge in [0.05, 0.1) is 18.7 Å². The molecular weight excluding hydrogens is 322 g/mol. The van der Waals surface area contributed by atoms with E-state index in [4.69, 9.17) is 5.73 Å². The molecule has 24 heavy (non-hydrogen) atoms. The Morgan fingerprint density at radius 2 is 2.00 bits per heavy atom. The number of hydrogen-bond donors (Lipinski definition) is 5. The lowest BCUT2D eigenvalue weighted by Crippen LogP contribution is -2.54. The zero-order chi connectivity index (χ0) is 17.9. The van der Waals surface area contributed by atoms with Crippen molar-refractivity contribution in [1.82, 2.24) is 10.6 Å². The van der Waals surface area contributed by atoms with Crippen molar-refractivity contribution in [2.75, 3.05) is 18.9 Å². The second kappa shape index (κ2) is 11.5. The molecule has 0 fully saturated rings. The first-order chi connectivity index (χ1) is 11.5. The van der Waals surface area contributed by atoms with Crippen LogP contribution in [-0.4, -0.2) is 48.0 Å². The van der Waals surface area contributed by atoms with Gasteiger partial charge in [-0.2, -0.15) is 12.6 Å². The van der Waals surface area contributed by atoms with Crippen molar-refractivity contribution >= 4 is 18.5 Å². The molecule has 0 aliphatic carbocycles. The van der Waals surface area contributed by atoms with Crippen LogP contribution < -0.4 is 16.4 Å². The zero-order valence-electron chi connectivity index (χ0n) is 14.6. The number of aliphatic hydroxyl groups is 1. The second-order valence-corrected chi connectivity index (χ2v) is 6.66. The van der Waals surface area contributed by atoms with Crippen molar-refractivity contribution in [1.29, 1.82) is 0 Å². The highest BCUT2D eigenvalue weighted by molar-refractivity contribution is 7.80. The van der Waals surface area contributed by atoms with Gasteiger partial charge < -0.3 is 21.5 Å². The Kier molecular flexibility index (Phi) is 10.0. The van der Waals surface area contributed by atoms with Crippen LogP contribution in [-0.2, 0) is 11.2 Å². The van der Waals surface area contributed by atoms with E-state index < -0.39 is 0 Å². The van der Waals surface area contributed by atoms with Crippen LogP contribution in [0.1, 0.15) is 25.8 Å². The normalized spacial score (nSPS) is 16.2. The summed E-state index contributed by atoms with van der Waals surface area (Å²) in [5, 5.41) is 15.8. The molecule has 1 aromatic carbocycles. The zero-order valence-corrected chi connectivity index (χ0v) is 15.5. The summed E-state index contributed by atoms with van der Waals surface area (Å²) < 4.78 is 0. The molecule has 0 bridgehead atoms. The number of aliphatic hydroxyl groups excluding tert-OH is 1. The topological polar surface area (TPSA) is 87.4 Å². The largest absolute Gasteiger partial charge is 0.394 e. The van der Waals surface area contributed by atoms with Gasteiger partial charge in [0, 0.05) is 18.3 Å². The molecular formula is C18H31N3O2S. The minimum absolute atomic E-state index is 0.0919. The van der Waals surface area contributed by atoms with Gasteiger partial charge in [-0.05, 0) is 17.9 Å². The first kappa shape index (κ1) is 21.0. The molecule has 0 heterocycles. The molecule has 0 spiro atoms. The summed E-state index contributed by atoms with van der Waals surface area (Å²) in [7, 11) is 0. The molecule has 0 saturated heterocycles. The lowest BCUT2D eigenvalue weighted by molar-refractivity contribution is -0.125. The molecule has 1 rings (SSSR count). The lowest BCUT2D eigenvalue weighted by Gasteiger charge is -2.27. The van der Waals surface area contributed by atoms with Crippen molar-refractivity contribution in [3.8, 4) is 0 Å². The minimum atomic E-state index is -0.328. The molecule has 0 saturated carbocycles. The molecule has 4 atom stereocenters. The third-order valence-corrected chi connectivity index (χ3v) is 4.69. The first-order valence-corrected chi connectivity index (χ1v) is 9.20. The average Bonchev–Trinajstić information content (AvgIpc) is 2.61. The van der Waals surface area contributed by atoms with E-state index in [-0.39, 0.29) is 36.6 Å². The molecule has 5 nitrogen and oxygen atoms in total. The van der Waals surface area contributed by atoms with Gasteiger partial charge in [0.2, 0.25) is 5.91 Å². The summed E-state index contributed by atoms with van der Waals surface area (Å²) in [6.07, 6.45) is 1.48. The molecule has 136 valence electrons. The molecule has 0 aromatic heterocycles. The first-order valence-electron chi connectivity index (χ1n) is 8.56. The number of hydrogen-bond acceptors (Lipinski definition) is 5. The molecule has 0 aliphatic rings. The summed E-state index contributed by atoms with van der Waals surface area (Å²) >= 11 is 4.17. The maximum absolute atomic E-state index is 12.7. The van der Waals surface area contributed by atoms with Crippen LogP contribution in [0, 0.1) is 5.92 Å². The second-order valence-electron chi connectivity index (χ2n) is 6.29. The van der Waals surface area contributed by atoms with E-state index in [0.29, 0.717) is 18.7 Å². The van der Waals surface area contributed by atoms with E-state index in [2.05, 4.69) is 30.2 Å². The standard InChI is InChI=1S/C18H31N3O2S/c1-3-13(2)17(20-10-15(19)12-24)18(23)21-16(11-22)9-14-7-5-4-6-8-14/h4-8,13,15-17,20,22,24H,3,9-12,19H2,1-2H3,(H,21,23)/t13-,15?,16-,17+/m0/s1. The van der Waals surface area contributed by atoms with Gasteiger partial charge in [0.15, 0.2) is 0 Å². The predicted molar refractivity (Wildman–Crippen MR) is 102 cm³/mol. The van der Waals surface area contributed by atoms with Crippen LogP contribution >= 0.6 is 12.6 Å². The fourth-order valence-corrected chi connectivity index (χ4v) is 2.61. The summed E-state index contributed by atoms with van der Waals surface area (Å²) in [6.45, 7) is 4.53. The number of carbonyl (C=O) groups excluding carboxylic acids is 1. The average molecular weight is 354 g/mol. The minimum Gasteiger partial charge on any atom is -0.394 e. The number of benzene rings is 1. The van der Waals surface area contributed by atoms with Crippen LogP contribution in [0.5, 0.6) is 0 Å². The summed E-state index contributed by atoms with van der Waals surface area (Å²) in [4.78, 5) is 12.7. The SMILES string of the molecule is CC[C@H](C)[C@@H](NCC(N)CS)C(=O)N[C@H](CO)Cc1ccccc1. The predicted octanol–water partition coefficient (Wildman–Crippen LogP) is 0.968. The van der Waals surface area contributed by atoms with Crippen molar-refractivity contribution in [3.05, 3.63) is 35.9 Å². The van der Waals surface area contributed by atoms with E-state index in [9.17, 15) is 9.90 Å². The van der Waals surface area contributed by atoms with E-state index in [1.54, 1.807) is 0 Å². The molecule has 1 unspecified atom stereocenters. The van der Waals surface area contributed by atoms with Gasteiger partial charge in [0.25, 0.3) is 0 Å². The van der Waals surface area contributed by atoms with Gasteiger partial charge in [0.1, 0.15) is 0 Å². The Balaban J connectivity index is 2.66. The van der Waals surface area contributed by atoms with E-state index in [1.807, 2.05) is 37.3 Å². The monoisotopic (exact) mass is 353 g/mol. The number of nitrogens with one attached hydrogen (secondary N) is 2. The molecule has 0 radical (unpaired) electrons. The van der Waals surface area contributed by atoms with E-state index in [1.165, 1.54) is 0 Å². The Hall–Kier alpha value is -1.08. The Morgan fingerprint density at radius 1 is 1.33 bits per heavy atom. The Morgan fingerprint density at radius 3 is 2.54 bits per heavy atom.